The number of rotatable bonds is 6. The fourth-order valence-corrected chi connectivity index (χ4v) is 3.38. The second-order valence-electron chi connectivity index (χ2n) is 5.50. The second-order valence-corrected chi connectivity index (χ2v) is 7.27. The lowest BCUT2D eigenvalue weighted by atomic mass is 10.1. The van der Waals surface area contributed by atoms with Gasteiger partial charge in [0, 0.05) is 38.1 Å². The van der Waals surface area contributed by atoms with Gasteiger partial charge >= 0.3 is 0 Å². The zero-order valence-corrected chi connectivity index (χ0v) is 14.8. The van der Waals surface area contributed by atoms with E-state index in [0.29, 0.717) is 18.7 Å². The van der Waals surface area contributed by atoms with Crippen molar-refractivity contribution in [2.75, 3.05) is 13.6 Å². The fourth-order valence-electron chi connectivity index (χ4n) is 2.31. The van der Waals surface area contributed by atoms with Gasteiger partial charge in [0.15, 0.2) is 0 Å². The normalized spacial score (nSPS) is 11.3. The molecule has 0 saturated heterocycles. The minimum absolute atomic E-state index is 0.0908. The molecule has 128 valence electrons. The number of aromatic nitrogens is 1. The first kappa shape index (κ1) is 18.1. The Balaban J connectivity index is 2.28. The lowest BCUT2D eigenvalue weighted by Crippen LogP contribution is -2.28. The number of sulfonamides is 1. The number of hydrogen-bond acceptors (Lipinski definition) is 4. The second kappa shape index (κ2) is 7.55. The Kier molecular flexibility index (Phi) is 5.69. The van der Waals surface area contributed by atoms with E-state index in [1.807, 2.05) is 12.1 Å². The molecule has 1 amide bonds. The summed E-state index contributed by atoms with van der Waals surface area (Å²) in [5.41, 5.74) is 2.01. The average Bonchev–Trinajstić information content (AvgIpc) is 2.55. The number of nitrogens with zero attached hydrogens (tertiary/aromatic N) is 2. The van der Waals surface area contributed by atoms with Gasteiger partial charge in [0.1, 0.15) is 0 Å². The molecule has 1 heterocycles. The van der Waals surface area contributed by atoms with E-state index >= 15 is 0 Å². The maximum Gasteiger partial charge on any atom is 0.254 e. The maximum absolute atomic E-state index is 12.7. The van der Waals surface area contributed by atoms with Crippen LogP contribution >= 0.6 is 0 Å². The van der Waals surface area contributed by atoms with Crippen LogP contribution in [0.1, 0.15) is 28.4 Å². The number of pyridine rings is 1. The monoisotopic (exact) mass is 347 g/mol. The first-order chi connectivity index (χ1) is 11.3. The third-order valence-electron chi connectivity index (χ3n) is 3.57. The van der Waals surface area contributed by atoms with E-state index < -0.39 is 10.0 Å². The van der Waals surface area contributed by atoms with Gasteiger partial charge in [0.2, 0.25) is 10.0 Å². The molecular weight excluding hydrogens is 326 g/mol. The minimum Gasteiger partial charge on any atom is -0.337 e. The summed E-state index contributed by atoms with van der Waals surface area (Å²) >= 11 is 0. The molecule has 0 spiro atoms. The Morgan fingerprint density at radius 2 is 2.04 bits per heavy atom. The molecule has 0 saturated carbocycles. The molecule has 0 unspecified atom stereocenters. The van der Waals surface area contributed by atoms with E-state index in [0.717, 1.165) is 11.1 Å². The van der Waals surface area contributed by atoms with Crippen molar-refractivity contribution in [3.8, 4) is 0 Å². The molecule has 2 rings (SSSR count). The van der Waals surface area contributed by atoms with E-state index in [-0.39, 0.29) is 10.8 Å². The van der Waals surface area contributed by atoms with Gasteiger partial charge < -0.3 is 4.90 Å². The Labute approximate surface area is 142 Å². The van der Waals surface area contributed by atoms with Crippen molar-refractivity contribution >= 4 is 15.9 Å². The Morgan fingerprint density at radius 3 is 2.67 bits per heavy atom. The molecule has 6 nitrogen and oxygen atoms in total. The standard InChI is InChI=1S/C17H21N3O3S/c1-4-19-24(22,23)15-8-7-13(2)16(10-15)17(21)20(3)12-14-6-5-9-18-11-14/h5-11,19H,4,12H2,1-3H3. The Bertz CT molecular complexity index is 820. The highest BCUT2D eigenvalue weighted by atomic mass is 32.2. The zero-order valence-electron chi connectivity index (χ0n) is 14.0. The average molecular weight is 347 g/mol. The third-order valence-corrected chi connectivity index (χ3v) is 5.12. The third kappa shape index (κ3) is 4.18. The summed E-state index contributed by atoms with van der Waals surface area (Å²) in [7, 11) is -1.92. The van der Waals surface area contributed by atoms with Crippen LogP contribution in [-0.2, 0) is 16.6 Å². The Morgan fingerprint density at radius 1 is 1.29 bits per heavy atom. The molecule has 1 aromatic carbocycles. The molecule has 0 fully saturated rings. The molecule has 24 heavy (non-hydrogen) atoms. The number of carbonyl (C=O) groups excluding carboxylic acids is 1. The van der Waals surface area contributed by atoms with Crippen LogP contribution < -0.4 is 4.72 Å². The van der Waals surface area contributed by atoms with Crippen LogP contribution in [0.3, 0.4) is 0 Å². The van der Waals surface area contributed by atoms with Crippen molar-refractivity contribution in [2.24, 2.45) is 0 Å². The van der Waals surface area contributed by atoms with Crippen LogP contribution in [0.25, 0.3) is 0 Å². The van der Waals surface area contributed by atoms with Crippen molar-refractivity contribution in [3.63, 3.8) is 0 Å². The first-order valence-electron chi connectivity index (χ1n) is 7.60. The molecule has 0 aliphatic heterocycles. The van der Waals surface area contributed by atoms with Crippen molar-refractivity contribution < 1.29 is 13.2 Å². The number of amides is 1. The highest BCUT2D eigenvalue weighted by molar-refractivity contribution is 7.89. The van der Waals surface area contributed by atoms with Crippen LogP contribution in [-0.4, -0.2) is 37.8 Å². The lowest BCUT2D eigenvalue weighted by Gasteiger charge is -2.19. The lowest BCUT2D eigenvalue weighted by molar-refractivity contribution is 0.0784. The minimum atomic E-state index is -3.60. The number of hydrogen-bond donors (Lipinski definition) is 1. The van der Waals surface area contributed by atoms with E-state index in [2.05, 4.69) is 9.71 Å². The molecule has 0 radical (unpaired) electrons. The zero-order chi connectivity index (χ0) is 17.7. The molecule has 0 bridgehead atoms. The first-order valence-corrected chi connectivity index (χ1v) is 9.08. The van der Waals surface area contributed by atoms with Crippen molar-refractivity contribution in [3.05, 3.63) is 59.4 Å². The van der Waals surface area contributed by atoms with Crippen LogP contribution in [0, 0.1) is 6.92 Å². The molecule has 7 heteroatoms. The summed E-state index contributed by atoms with van der Waals surface area (Å²) in [6.07, 6.45) is 3.37. The smallest absolute Gasteiger partial charge is 0.254 e. The van der Waals surface area contributed by atoms with Crippen LogP contribution in [0.5, 0.6) is 0 Å². The highest BCUT2D eigenvalue weighted by Crippen LogP contribution is 2.18. The van der Waals surface area contributed by atoms with Gasteiger partial charge in [-0.1, -0.05) is 19.1 Å². The van der Waals surface area contributed by atoms with E-state index in [9.17, 15) is 13.2 Å². The maximum atomic E-state index is 12.7. The topological polar surface area (TPSA) is 79.4 Å². The van der Waals surface area contributed by atoms with Crippen LogP contribution in [0.2, 0.25) is 0 Å². The molecule has 0 atom stereocenters. The van der Waals surface area contributed by atoms with Crippen LogP contribution in [0.15, 0.2) is 47.6 Å². The van der Waals surface area contributed by atoms with Crippen molar-refractivity contribution in [1.29, 1.82) is 0 Å². The fraction of sp³-hybridized carbons (Fsp3) is 0.294. The summed E-state index contributed by atoms with van der Waals surface area (Å²) < 4.78 is 26.7. The van der Waals surface area contributed by atoms with Gasteiger partial charge in [0.25, 0.3) is 5.91 Å². The van der Waals surface area contributed by atoms with Crippen molar-refractivity contribution in [1.82, 2.24) is 14.6 Å². The van der Waals surface area contributed by atoms with Gasteiger partial charge in [-0.25, -0.2) is 13.1 Å². The van der Waals surface area contributed by atoms with Crippen LogP contribution in [0.4, 0.5) is 0 Å². The highest BCUT2D eigenvalue weighted by Gasteiger charge is 2.19. The molecule has 1 N–H and O–H groups in total. The van der Waals surface area contributed by atoms with Gasteiger partial charge in [-0.15, -0.1) is 0 Å². The summed E-state index contributed by atoms with van der Waals surface area (Å²) in [5.74, 6) is -0.232. The van der Waals surface area contributed by atoms with Gasteiger partial charge in [-0.05, 0) is 36.2 Å². The number of nitrogens with one attached hydrogen (secondary N) is 1. The number of carbonyl (C=O) groups is 1. The largest absolute Gasteiger partial charge is 0.337 e. The van der Waals surface area contributed by atoms with Gasteiger partial charge in [-0.2, -0.15) is 0 Å². The molecular formula is C17H21N3O3S. The summed E-state index contributed by atoms with van der Waals surface area (Å²) in [4.78, 5) is 18.4. The molecule has 2 aromatic rings. The number of benzene rings is 1. The molecule has 0 aliphatic carbocycles. The predicted molar refractivity (Wildman–Crippen MR) is 92.1 cm³/mol. The van der Waals surface area contributed by atoms with E-state index in [1.165, 1.54) is 12.1 Å². The van der Waals surface area contributed by atoms with Gasteiger partial charge in [-0.3, -0.25) is 9.78 Å². The Hall–Kier alpha value is -2.25. The molecule has 0 aliphatic rings. The SMILES string of the molecule is CCNS(=O)(=O)c1ccc(C)c(C(=O)N(C)Cc2cccnc2)c1. The van der Waals surface area contributed by atoms with Gasteiger partial charge in [0.05, 0.1) is 4.90 Å². The predicted octanol–water partition coefficient (Wildman–Crippen LogP) is 1.96. The molecule has 1 aromatic heterocycles. The number of aryl methyl sites for hydroxylation is 1. The summed E-state index contributed by atoms with van der Waals surface area (Å²) in [5, 5.41) is 0. The summed E-state index contributed by atoms with van der Waals surface area (Å²) in [6, 6.07) is 8.27. The van der Waals surface area contributed by atoms with E-state index in [1.54, 1.807) is 44.3 Å². The summed E-state index contributed by atoms with van der Waals surface area (Å²) in [6.45, 7) is 4.19. The quantitative estimate of drug-likeness (QED) is 0.866. The van der Waals surface area contributed by atoms with Crippen molar-refractivity contribution in [2.45, 2.75) is 25.3 Å². The van der Waals surface area contributed by atoms with E-state index in [4.69, 9.17) is 0 Å².